The summed E-state index contributed by atoms with van der Waals surface area (Å²) >= 11 is 3.32. The van der Waals surface area contributed by atoms with Crippen molar-refractivity contribution in [2.24, 2.45) is 0 Å². The van der Waals surface area contributed by atoms with Crippen LogP contribution in [-0.4, -0.2) is 22.0 Å². The molecule has 5 heteroatoms. The molecule has 0 aromatic carbocycles. The van der Waals surface area contributed by atoms with E-state index < -0.39 is 0 Å². The Morgan fingerprint density at radius 2 is 2.12 bits per heavy atom. The topological polar surface area (TPSA) is 41.9 Å². The minimum atomic E-state index is 0.726. The first-order valence-corrected chi connectivity index (χ1v) is 5.63. The molecule has 0 fully saturated rings. The monoisotopic (exact) mass is 278 g/mol. The van der Waals surface area contributed by atoms with E-state index in [4.69, 9.17) is 0 Å². The minimum Gasteiger partial charge on any atom is -0.354 e. The Labute approximate surface area is 103 Å². The van der Waals surface area contributed by atoms with Crippen molar-refractivity contribution in [3.8, 4) is 0 Å². The molecule has 0 saturated carbocycles. The first kappa shape index (κ1) is 11.0. The van der Waals surface area contributed by atoms with Crippen molar-refractivity contribution < 1.29 is 0 Å². The molecule has 0 radical (unpaired) electrons. The average molecular weight is 279 g/mol. The van der Waals surface area contributed by atoms with E-state index in [-0.39, 0.29) is 0 Å². The lowest BCUT2D eigenvalue weighted by Gasteiger charge is -2.17. The first-order chi connectivity index (χ1) is 7.75. The maximum absolute atomic E-state index is 4.27. The zero-order valence-corrected chi connectivity index (χ0v) is 10.4. The van der Waals surface area contributed by atoms with E-state index in [2.05, 4.69) is 30.9 Å². The van der Waals surface area contributed by atoms with Crippen molar-refractivity contribution in [2.75, 3.05) is 11.9 Å². The van der Waals surface area contributed by atoms with Crippen molar-refractivity contribution in [2.45, 2.75) is 6.54 Å². The van der Waals surface area contributed by atoms with Crippen LogP contribution in [0, 0.1) is 0 Å². The van der Waals surface area contributed by atoms with Gasteiger partial charge < -0.3 is 4.90 Å². The quantitative estimate of drug-likeness (QED) is 0.808. The van der Waals surface area contributed by atoms with Crippen molar-refractivity contribution in [1.29, 1.82) is 0 Å². The van der Waals surface area contributed by atoms with Crippen molar-refractivity contribution >= 4 is 21.7 Å². The predicted octanol–water partition coefficient (Wildman–Crippen LogP) is 2.27. The predicted molar refractivity (Wildman–Crippen MR) is 66.1 cm³/mol. The molecule has 2 aromatic heterocycles. The number of nitrogens with zero attached hydrogens (tertiary/aromatic N) is 4. The average Bonchev–Trinajstić information content (AvgIpc) is 2.30. The summed E-state index contributed by atoms with van der Waals surface area (Å²) in [6.07, 6.45) is 3.33. The molecule has 0 N–H and O–H groups in total. The maximum atomic E-state index is 4.27. The molecule has 2 aromatic rings. The molecule has 0 atom stereocenters. The van der Waals surface area contributed by atoms with Gasteiger partial charge in [0.25, 0.3) is 0 Å². The molecule has 82 valence electrons. The zero-order chi connectivity index (χ0) is 11.4. The Balaban J connectivity index is 2.12. The third-order valence-electron chi connectivity index (χ3n) is 2.14. The molecule has 0 spiro atoms. The molecule has 0 saturated heterocycles. The molecule has 16 heavy (non-hydrogen) atoms. The fraction of sp³-hybridized carbons (Fsp3) is 0.182. The van der Waals surface area contributed by atoms with Crippen LogP contribution in [0.5, 0.6) is 0 Å². The Morgan fingerprint density at radius 1 is 1.25 bits per heavy atom. The number of rotatable bonds is 3. The number of hydrogen-bond donors (Lipinski definition) is 0. The van der Waals surface area contributed by atoms with Crippen LogP contribution < -0.4 is 4.90 Å². The van der Waals surface area contributed by atoms with Crippen molar-refractivity contribution in [3.05, 3.63) is 47.1 Å². The zero-order valence-electron chi connectivity index (χ0n) is 8.84. The fourth-order valence-corrected chi connectivity index (χ4v) is 1.64. The largest absolute Gasteiger partial charge is 0.354 e. The summed E-state index contributed by atoms with van der Waals surface area (Å²) in [5.41, 5.74) is 1.01. The van der Waals surface area contributed by atoms with Crippen LogP contribution in [0.4, 0.5) is 5.82 Å². The Bertz CT molecular complexity index is 461. The van der Waals surface area contributed by atoms with Gasteiger partial charge in [0.2, 0.25) is 0 Å². The summed E-state index contributed by atoms with van der Waals surface area (Å²) in [5.74, 6) is 0.868. The van der Waals surface area contributed by atoms with Crippen LogP contribution >= 0.6 is 15.9 Å². The van der Waals surface area contributed by atoms with E-state index >= 15 is 0 Å². The summed E-state index contributed by atoms with van der Waals surface area (Å²) in [4.78, 5) is 14.5. The second-order valence-corrected chi connectivity index (χ2v) is 4.19. The van der Waals surface area contributed by atoms with Crippen molar-refractivity contribution in [3.63, 3.8) is 0 Å². The van der Waals surface area contributed by atoms with Gasteiger partial charge in [0.05, 0.1) is 12.2 Å². The number of anilines is 1. The fourth-order valence-electron chi connectivity index (χ4n) is 1.35. The molecule has 0 bridgehead atoms. The van der Waals surface area contributed by atoms with Gasteiger partial charge in [-0.25, -0.2) is 9.97 Å². The molecule has 0 aliphatic rings. The van der Waals surface area contributed by atoms with E-state index in [1.54, 1.807) is 6.20 Å². The molecule has 4 nitrogen and oxygen atoms in total. The molecule has 0 aliphatic heterocycles. The Hall–Kier alpha value is -1.49. The second kappa shape index (κ2) is 5.03. The number of aromatic nitrogens is 3. The van der Waals surface area contributed by atoms with E-state index in [0.29, 0.717) is 0 Å². The molecule has 0 unspecified atom stereocenters. The van der Waals surface area contributed by atoms with E-state index in [9.17, 15) is 0 Å². The van der Waals surface area contributed by atoms with Crippen LogP contribution in [0.3, 0.4) is 0 Å². The molecular formula is C11H11BrN4. The van der Waals surface area contributed by atoms with Gasteiger partial charge in [0.1, 0.15) is 16.7 Å². The molecule has 0 aliphatic carbocycles. The summed E-state index contributed by atoms with van der Waals surface area (Å²) in [7, 11) is 1.98. The SMILES string of the molecule is CN(Cc1ccccn1)c1cc(Br)ncn1. The highest BCUT2D eigenvalue weighted by Gasteiger charge is 2.04. The van der Waals surface area contributed by atoms with Crippen LogP contribution in [0.25, 0.3) is 0 Å². The van der Waals surface area contributed by atoms with Gasteiger partial charge in [-0.1, -0.05) is 6.07 Å². The van der Waals surface area contributed by atoms with Crippen LogP contribution in [0.15, 0.2) is 41.4 Å². The van der Waals surface area contributed by atoms with Gasteiger partial charge in [0.15, 0.2) is 0 Å². The lowest BCUT2D eigenvalue weighted by atomic mass is 10.3. The Kier molecular flexibility index (Phi) is 3.46. The number of hydrogen-bond acceptors (Lipinski definition) is 4. The lowest BCUT2D eigenvalue weighted by Crippen LogP contribution is -2.18. The molecule has 0 amide bonds. The summed E-state index contributed by atoms with van der Waals surface area (Å²) in [6.45, 7) is 0.726. The highest BCUT2D eigenvalue weighted by molar-refractivity contribution is 9.10. The van der Waals surface area contributed by atoms with E-state index in [0.717, 1.165) is 22.7 Å². The normalized spacial score (nSPS) is 10.1. The maximum Gasteiger partial charge on any atom is 0.133 e. The number of halogens is 1. The molecule has 2 heterocycles. The van der Waals surface area contributed by atoms with Gasteiger partial charge in [-0.05, 0) is 28.1 Å². The molecule has 2 rings (SSSR count). The summed E-state index contributed by atoms with van der Waals surface area (Å²) < 4.78 is 0.783. The van der Waals surface area contributed by atoms with Gasteiger partial charge >= 0.3 is 0 Å². The number of pyridine rings is 1. The van der Waals surface area contributed by atoms with E-state index in [1.165, 1.54) is 6.33 Å². The van der Waals surface area contributed by atoms with Gasteiger partial charge in [-0.3, -0.25) is 4.98 Å². The highest BCUT2D eigenvalue weighted by atomic mass is 79.9. The van der Waals surface area contributed by atoms with Crippen molar-refractivity contribution in [1.82, 2.24) is 15.0 Å². The lowest BCUT2D eigenvalue weighted by molar-refractivity contribution is 0.859. The van der Waals surface area contributed by atoms with Crippen LogP contribution in [-0.2, 0) is 6.54 Å². The highest BCUT2D eigenvalue weighted by Crippen LogP contribution is 2.14. The minimum absolute atomic E-state index is 0.726. The van der Waals surface area contributed by atoms with Gasteiger partial charge in [-0.15, -0.1) is 0 Å². The van der Waals surface area contributed by atoms with Crippen LogP contribution in [0.1, 0.15) is 5.69 Å². The second-order valence-electron chi connectivity index (χ2n) is 3.38. The smallest absolute Gasteiger partial charge is 0.133 e. The van der Waals surface area contributed by atoms with Gasteiger partial charge in [0, 0.05) is 19.3 Å². The molecular weight excluding hydrogens is 268 g/mol. The third kappa shape index (κ3) is 2.76. The van der Waals surface area contributed by atoms with Gasteiger partial charge in [-0.2, -0.15) is 0 Å². The van der Waals surface area contributed by atoms with Crippen LogP contribution in [0.2, 0.25) is 0 Å². The summed E-state index contributed by atoms with van der Waals surface area (Å²) in [6, 6.07) is 7.76. The summed E-state index contributed by atoms with van der Waals surface area (Å²) in [5, 5.41) is 0. The van der Waals surface area contributed by atoms with E-state index in [1.807, 2.05) is 36.2 Å². The first-order valence-electron chi connectivity index (χ1n) is 4.84. The standard InChI is InChI=1S/C11H11BrN4/c1-16(7-9-4-2-3-5-13-9)11-6-10(12)14-8-15-11/h2-6,8H,7H2,1H3. The Morgan fingerprint density at radius 3 is 2.81 bits per heavy atom. The third-order valence-corrected chi connectivity index (χ3v) is 2.57.